The third kappa shape index (κ3) is 2.92. The summed E-state index contributed by atoms with van der Waals surface area (Å²) in [5.74, 6) is 1.83. The van der Waals surface area contributed by atoms with Crippen molar-refractivity contribution in [3.63, 3.8) is 0 Å². The van der Waals surface area contributed by atoms with Crippen LogP contribution in [0.1, 0.15) is 19.4 Å². The minimum absolute atomic E-state index is 0.144. The maximum atomic E-state index is 11.5. The number of benzene rings is 1. The van der Waals surface area contributed by atoms with Crippen molar-refractivity contribution in [2.75, 3.05) is 36.0 Å². The molecule has 0 aliphatic carbocycles. The van der Waals surface area contributed by atoms with Gasteiger partial charge in [0.15, 0.2) is 0 Å². The van der Waals surface area contributed by atoms with Gasteiger partial charge in [-0.15, -0.1) is 0 Å². The SMILES string of the molecule is CC(=O)N1CCN(c2ccnc(N3c4ccccc4CC3C)n2)CC1. The van der Waals surface area contributed by atoms with Crippen LogP contribution >= 0.6 is 0 Å². The Morgan fingerprint density at radius 1 is 1.12 bits per heavy atom. The highest BCUT2D eigenvalue weighted by molar-refractivity contribution is 5.73. The van der Waals surface area contributed by atoms with Crippen LogP contribution < -0.4 is 9.80 Å². The van der Waals surface area contributed by atoms with Gasteiger partial charge in [-0.05, 0) is 31.0 Å². The Bertz CT molecular complexity index is 785. The first-order valence-corrected chi connectivity index (χ1v) is 8.84. The fourth-order valence-corrected chi connectivity index (χ4v) is 3.75. The fourth-order valence-electron chi connectivity index (χ4n) is 3.75. The highest BCUT2D eigenvalue weighted by Crippen LogP contribution is 2.36. The molecular weight excluding hydrogens is 314 g/mol. The minimum atomic E-state index is 0.144. The number of aromatic nitrogens is 2. The number of hydrogen-bond acceptors (Lipinski definition) is 5. The summed E-state index contributed by atoms with van der Waals surface area (Å²) in [6.07, 6.45) is 2.85. The van der Waals surface area contributed by atoms with Gasteiger partial charge in [0.05, 0.1) is 0 Å². The smallest absolute Gasteiger partial charge is 0.232 e. The van der Waals surface area contributed by atoms with E-state index in [1.54, 1.807) is 6.92 Å². The molecule has 2 aromatic rings. The van der Waals surface area contributed by atoms with Gasteiger partial charge in [-0.3, -0.25) is 4.79 Å². The van der Waals surface area contributed by atoms with Gasteiger partial charge in [0, 0.05) is 51.0 Å². The van der Waals surface area contributed by atoms with Crippen LogP contribution in [0, 0.1) is 0 Å². The van der Waals surface area contributed by atoms with Gasteiger partial charge in [-0.2, -0.15) is 4.98 Å². The van der Waals surface area contributed by atoms with Crippen LogP contribution in [-0.2, 0) is 11.2 Å². The highest BCUT2D eigenvalue weighted by Gasteiger charge is 2.29. The van der Waals surface area contributed by atoms with E-state index in [9.17, 15) is 4.79 Å². The molecule has 1 atom stereocenters. The number of para-hydroxylation sites is 1. The molecule has 2 aliphatic heterocycles. The van der Waals surface area contributed by atoms with E-state index in [1.165, 1.54) is 11.3 Å². The van der Waals surface area contributed by atoms with Gasteiger partial charge in [0.2, 0.25) is 11.9 Å². The van der Waals surface area contributed by atoms with Crippen molar-refractivity contribution in [1.29, 1.82) is 0 Å². The Morgan fingerprint density at radius 2 is 1.88 bits per heavy atom. The highest BCUT2D eigenvalue weighted by atomic mass is 16.2. The van der Waals surface area contributed by atoms with Crippen molar-refractivity contribution < 1.29 is 4.79 Å². The maximum absolute atomic E-state index is 11.5. The molecule has 0 saturated carbocycles. The molecule has 1 fully saturated rings. The molecule has 3 heterocycles. The lowest BCUT2D eigenvalue weighted by Crippen LogP contribution is -2.48. The lowest BCUT2D eigenvalue weighted by molar-refractivity contribution is -0.129. The quantitative estimate of drug-likeness (QED) is 0.841. The van der Waals surface area contributed by atoms with Gasteiger partial charge in [0.1, 0.15) is 5.82 Å². The van der Waals surface area contributed by atoms with Crippen molar-refractivity contribution in [3.8, 4) is 0 Å². The molecule has 4 rings (SSSR count). The Labute approximate surface area is 148 Å². The maximum Gasteiger partial charge on any atom is 0.232 e. The Hall–Kier alpha value is -2.63. The molecule has 1 amide bonds. The summed E-state index contributed by atoms with van der Waals surface area (Å²) in [6, 6.07) is 10.8. The molecule has 25 heavy (non-hydrogen) atoms. The zero-order valence-electron chi connectivity index (χ0n) is 14.7. The Kier molecular flexibility index (Phi) is 4.03. The summed E-state index contributed by atoms with van der Waals surface area (Å²) < 4.78 is 0. The second kappa shape index (κ2) is 6.35. The van der Waals surface area contributed by atoms with E-state index < -0.39 is 0 Å². The van der Waals surface area contributed by atoms with Gasteiger partial charge in [-0.25, -0.2) is 4.98 Å². The monoisotopic (exact) mass is 337 g/mol. The molecule has 2 aliphatic rings. The summed E-state index contributed by atoms with van der Waals surface area (Å²) in [4.78, 5) is 27.2. The molecule has 130 valence electrons. The van der Waals surface area contributed by atoms with E-state index in [1.807, 2.05) is 17.2 Å². The van der Waals surface area contributed by atoms with Crippen LogP contribution in [0.25, 0.3) is 0 Å². The van der Waals surface area contributed by atoms with Crippen molar-refractivity contribution >= 4 is 23.4 Å². The predicted octanol–water partition coefficient (Wildman–Crippen LogP) is 2.23. The summed E-state index contributed by atoms with van der Waals surface area (Å²) in [6.45, 7) is 6.95. The first-order valence-electron chi connectivity index (χ1n) is 8.84. The zero-order chi connectivity index (χ0) is 17.4. The zero-order valence-corrected chi connectivity index (χ0v) is 14.7. The normalized spacial score (nSPS) is 19.9. The molecule has 0 radical (unpaired) electrons. The number of piperazine rings is 1. The molecule has 0 N–H and O–H groups in total. The van der Waals surface area contributed by atoms with E-state index in [2.05, 4.69) is 46.0 Å². The van der Waals surface area contributed by atoms with E-state index in [-0.39, 0.29) is 5.91 Å². The number of carbonyl (C=O) groups excluding carboxylic acids is 1. The van der Waals surface area contributed by atoms with Crippen LogP contribution in [0.4, 0.5) is 17.5 Å². The summed E-state index contributed by atoms with van der Waals surface area (Å²) in [5, 5.41) is 0. The standard InChI is InChI=1S/C19H23N5O/c1-14-13-16-5-3-4-6-17(16)24(14)19-20-8-7-18(21-19)23-11-9-22(10-12-23)15(2)25/h3-8,14H,9-13H2,1-2H3. The van der Waals surface area contributed by atoms with Crippen molar-refractivity contribution in [1.82, 2.24) is 14.9 Å². The first kappa shape index (κ1) is 15.9. The predicted molar refractivity (Wildman–Crippen MR) is 98.2 cm³/mol. The van der Waals surface area contributed by atoms with Crippen LogP contribution in [0.15, 0.2) is 36.5 Å². The average molecular weight is 337 g/mol. The van der Waals surface area contributed by atoms with Gasteiger partial charge in [-0.1, -0.05) is 18.2 Å². The first-order chi connectivity index (χ1) is 12.1. The molecule has 1 unspecified atom stereocenters. The number of nitrogens with zero attached hydrogens (tertiary/aromatic N) is 5. The van der Waals surface area contributed by atoms with Gasteiger partial charge >= 0.3 is 0 Å². The molecular formula is C19H23N5O. The van der Waals surface area contributed by atoms with E-state index in [0.29, 0.717) is 6.04 Å². The second-order valence-electron chi connectivity index (χ2n) is 6.76. The largest absolute Gasteiger partial charge is 0.353 e. The lowest BCUT2D eigenvalue weighted by Gasteiger charge is -2.35. The van der Waals surface area contributed by atoms with E-state index in [4.69, 9.17) is 4.98 Å². The number of hydrogen-bond donors (Lipinski definition) is 0. The third-order valence-corrected chi connectivity index (χ3v) is 5.10. The molecule has 1 aromatic carbocycles. The van der Waals surface area contributed by atoms with Crippen molar-refractivity contribution in [2.45, 2.75) is 26.3 Å². The van der Waals surface area contributed by atoms with E-state index in [0.717, 1.165) is 44.4 Å². The topological polar surface area (TPSA) is 52.6 Å². The summed E-state index contributed by atoms with van der Waals surface area (Å²) in [5.41, 5.74) is 2.55. The van der Waals surface area contributed by atoms with Crippen molar-refractivity contribution in [3.05, 3.63) is 42.1 Å². The van der Waals surface area contributed by atoms with Crippen LogP contribution in [0.3, 0.4) is 0 Å². The van der Waals surface area contributed by atoms with Gasteiger partial charge in [0.25, 0.3) is 0 Å². The second-order valence-corrected chi connectivity index (χ2v) is 6.76. The molecule has 0 spiro atoms. The number of anilines is 3. The molecule has 1 aromatic heterocycles. The Morgan fingerprint density at radius 3 is 2.64 bits per heavy atom. The molecule has 6 nitrogen and oxygen atoms in total. The summed E-state index contributed by atoms with van der Waals surface area (Å²) >= 11 is 0. The van der Waals surface area contributed by atoms with Crippen LogP contribution in [0.5, 0.6) is 0 Å². The molecule has 0 bridgehead atoms. The van der Waals surface area contributed by atoms with Crippen LogP contribution in [0.2, 0.25) is 0 Å². The van der Waals surface area contributed by atoms with Crippen LogP contribution in [-0.4, -0.2) is 53.0 Å². The Balaban J connectivity index is 1.58. The lowest BCUT2D eigenvalue weighted by atomic mass is 10.1. The summed E-state index contributed by atoms with van der Waals surface area (Å²) in [7, 11) is 0. The number of amides is 1. The fraction of sp³-hybridized carbons (Fsp3) is 0.421. The molecule has 6 heteroatoms. The van der Waals surface area contributed by atoms with Gasteiger partial charge < -0.3 is 14.7 Å². The number of carbonyl (C=O) groups is 1. The average Bonchev–Trinajstić information content (AvgIpc) is 2.97. The van der Waals surface area contributed by atoms with Crippen molar-refractivity contribution in [2.24, 2.45) is 0 Å². The minimum Gasteiger partial charge on any atom is -0.353 e. The number of fused-ring (bicyclic) bond motifs is 1. The molecule has 1 saturated heterocycles. The van der Waals surface area contributed by atoms with E-state index >= 15 is 0 Å². The number of rotatable bonds is 2. The third-order valence-electron chi connectivity index (χ3n) is 5.10.